The second-order valence-corrected chi connectivity index (χ2v) is 6.59. The Labute approximate surface area is 154 Å². The Morgan fingerprint density at radius 1 is 1.31 bits per heavy atom. The summed E-state index contributed by atoms with van der Waals surface area (Å²) in [6, 6.07) is 5.56. The minimum Gasteiger partial charge on any atom is -0.454 e. The molecule has 134 valence electrons. The van der Waals surface area contributed by atoms with Gasteiger partial charge in [-0.25, -0.2) is 4.98 Å². The van der Waals surface area contributed by atoms with Crippen molar-refractivity contribution in [2.75, 3.05) is 6.79 Å². The minimum absolute atomic E-state index is 0.193. The molecule has 3 aromatic rings. The summed E-state index contributed by atoms with van der Waals surface area (Å²) < 4.78 is 12.6. The van der Waals surface area contributed by atoms with E-state index in [-0.39, 0.29) is 12.7 Å². The molecule has 1 amide bonds. The van der Waals surface area contributed by atoms with Crippen LogP contribution in [0.25, 0.3) is 22.3 Å². The SMILES string of the molecule is Cc1cc(-c2cc3c(cc2Cl)OCO3)nc2cnn(CCCC(N)=O)c12. The number of hydrogen-bond donors (Lipinski definition) is 1. The summed E-state index contributed by atoms with van der Waals surface area (Å²) in [5.74, 6) is 0.987. The van der Waals surface area contributed by atoms with Crippen LogP contribution < -0.4 is 15.2 Å². The number of rotatable bonds is 5. The van der Waals surface area contributed by atoms with Gasteiger partial charge >= 0.3 is 0 Å². The smallest absolute Gasteiger partial charge is 0.231 e. The fourth-order valence-electron chi connectivity index (χ4n) is 3.12. The first-order valence-corrected chi connectivity index (χ1v) is 8.61. The van der Waals surface area contributed by atoms with Gasteiger partial charge in [-0.3, -0.25) is 9.48 Å². The molecule has 1 aliphatic rings. The van der Waals surface area contributed by atoms with Gasteiger partial charge in [-0.15, -0.1) is 0 Å². The summed E-state index contributed by atoms with van der Waals surface area (Å²) in [6.07, 6.45) is 2.69. The maximum absolute atomic E-state index is 10.9. The van der Waals surface area contributed by atoms with Crippen molar-refractivity contribution in [1.82, 2.24) is 14.8 Å². The first-order chi connectivity index (χ1) is 12.5. The molecule has 0 aliphatic carbocycles. The molecular formula is C18H17ClN4O3. The van der Waals surface area contributed by atoms with Crippen molar-refractivity contribution in [3.8, 4) is 22.8 Å². The number of hydrogen-bond acceptors (Lipinski definition) is 5. The van der Waals surface area contributed by atoms with Gasteiger partial charge in [-0.2, -0.15) is 5.10 Å². The lowest BCUT2D eigenvalue weighted by atomic mass is 10.1. The number of halogens is 1. The number of carbonyl (C=O) groups excluding carboxylic acids is 1. The van der Waals surface area contributed by atoms with Crippen LogP contribution in [0.2, 0.25) is 5.02 Å². The molecule has 0 fully saturated rings. The standard InChI is InChI=1S/C18H17ClN4O3/c1-10-5-13(11-6-15-16(7-12(11)19)26-9-25-15)22-14-8-21-23(18(10)14)4-2-3-17(20)24/h5-8H,2-4,9H2,1H3,(H2,20,24). The van der Waals surface area contributed by atoms with E-state index in [1.54, 1.807) is 12.3 Å². The van der Waals surface area contributed by atoms with Crippen molar-refractivity contribution in [1.29, 1.82) is 0 Å². The van der Waals surface area contributed by atoms with Gasteiger partial charge in [0.2, 0.25) is 12.7 Å². The van der Waals surface area contributed by atoms with Gasteiger partial charge in [0.05, 0.1) is 22.4 Å². The molecule has 0 atom stereocenters. The number of carbonyl (C=O) groups is 1. The molecule has 8 heteroatoms. The molecule has 2 aromatic heterocycles. The van der Waals surface area contributed by atoms with E-state index >= 15 is 0 Å². The molecule has 7 nitrogen and oxygen atoms in total. The maximum atomic E-state index is 10.9. The molecule has 0 radical (unpaired) electrons. The summed E-state index contributed by atoms with van der Waals surface area (Å²) in [4.78, 5) is 15.6. The zero-order chi connectivity index (χ0) is 18.3. The van der Waals surface area contributed by atoms with Gasteiger partial charge in [0.25, 0.3) is 0 Å². The zero-order valence-corrected chi connectivity index (χ0v) is 14.9. The van der Waals surface area contributed by atoms with E-state index in [0.29, 0.717) is 35.9 Å². The summed E-state index contributed by atoms with van der Waals surface area (Å²) >= 11 is 6.41. The highest BCUT2D eigenvalue weighted by molar-refractivity contribution is 6.33. The van der Waals surface area contributed by atoms with Crippen molar-refractivity contribution in [3.05, 3.63) is 35.0 Å². The van der Waals surface area contributed by atoms with Crippen LogP contribution >= 0.6 is 11.6 Å². The molecule has 0 unspecified atom stereocenters. The zero-order valence-electron chi connectivity index (χ0n) is 14.2. The Morgan fingerprint density at radius 3 is 2.85 bits per heavy atom. The van der Waals surface area contributed by atoms with Crippen molar-refractivity contribution < 1.29 is 14.3 Å². The van der Waals surface area contributed by atoms with E-state index in [1.807, 2.05) is 23.7 Å². The number of primary amides is 1. The molecule has 2 N–H and O–H groups in total. The van der Waals surface area contributed by atoms with E-state index in [1.165, 1.54) is 0 Å². The quantitative estimate of drug-likeness (QED) is 0.743. The first-order valence-electron chi connectivity index (χ1n) is 8.24. The van der Waals surface area contributed by atoms with Gasteiger partial charge in [-0.05, 0) is 31.0 Å². The highest BCUT2D eigenvalue weighted by atomic mass is 35.5. The Kier molecular flexibility index (Phi) is 4.16. The number of benzene rings is 1. The Bertz CT molecular complexity index is 1020. The van der Waals surface area contributed by atoms with Gasteiger partial charge in [0.1, 0.15) is 5.52 Å². The third kappa shape index (κ3) is 2.94. The summed E-state index contributed by atoms with van der Waals surface area (Å²) in [6.45, 7) is 2.80. The number of aromatic nitrogens is 3. The molecule has 1 aromatic carbocycles. The first kappa shape index (κ1) is 16.7. The van der Waals surface area contributed by atoms with Gasteiger partial charge in [-0.1, -0.05) is 11.6 Å². The predicted octanol–water partition coefficient (Wildman–Crippen LogP) is 3.05. The molecule has 0 bridgehead atoms. The minimum atomic E-state index is -0.309. The third-order valence-electron chi connectivity index (χ3n) is 4.32. The summed E-state index contributed by atoms with van der Waals surface area (Å²) in [5, 5.41) is 4.94. The Balaban J connectivity index is 1.71. The topological polar surface area (TPSA) is 92.3 Å². The number of nitrogens with two attached hydrogens (primary N) is 1. The monoisotopic (exact) mass is 372 g/mol. The van der Waals surface area contributed by atoms with Crippen LogP contribution in [0.4, 0.5) is 0 Å². The van der Waals surface area contributed by atoms with Crippen LogP contribution in [0.3, 0.4) is 0 Å². The number of nitrogens with zero attached hydrogens (tertiary/aromatic N) is 3. The highest BCUT2D eigenvalue weighted by Gasteiger charge is 2.19. The second kappa shape index (κ2) is 6.49. The fraction of sp³-hybridized carbons (Fsp3) is 0.278. The third-order valence-corrected chi connectivity index (χ3v) is 4.63. The van der Waals surface area contributed by atoms with Crippen LogP contribution in [0, 0.1) is 6.92 Å². The second-order valence-electron chi connectivity index (χ2n) is 6.18. The summed E-state index contributed by atoms with van der Waals surface area (Å²) in [5.41, 5.74) is 9.46. The molecular weight excluding hydrogens is 356 g/mol. The number of fused-ring (bicyclic) bond motifs is 2. The van der Waals surface area contributed by atoms with E-state index in [9.17, 15) is 4.79 Å². The van der Waals surface area contributed by atoms with Gasteiger partial charge in [0, 0.05) is 24.6 Å². The maximum Gasteiger partial charge on any atom is 0.231 e. The van der Waals surface area contributed by atoms with Crippen molar-refractivity contribution in [2.24, 2.45) is 5.73 Å². The van der Waals surface area contributed by atoms with Crippen molar-refractivity contribution >= 4 is 28.5 Å². The molecule has 3 heterocycles. The molecule has 0 spiro atoms. The van der Waals surface area contributed by atoms with Crippen molar-refractivity contribution in [2.45, 2.75) is 26.3 Å². The normalized spacial score (nSPS) is 12.7. The Morgan fingerprint density at radius 2 is 2.08 bits per heavy atom. The average molecular weight is 373 g/mol. The van der Waals surface area contributed by atoms with Gasteiger partial charge in [0.15, 0.2) is 11.5 Å². The van der Waals surface area contributed by atoms with Crippen LogP contribution in [-0.2, 0) is 11.3 Å². The van der Waals surface area contributed by atoms with E-state index in [0.717, 1.165) is 27.9 Å². The number of ether oxygens (including phenoxy) is 2. The van der Waals surface area contributed by atoms with Gasteiger partial charge < -0.3 is 15.2 Å². The van der Waals surface area contributed by atoms with Crippen LogP contribution in [0.5, 0.6) is 11.5 Å². The predicted molar refractivity (Wildman–Crippen MR) is 97.3 cm³/mol. The molecule has 1 aliphatic heterocycles. The van der Waals surface area contributed by atoms with Crippen molar-refractivity contribution in [3.63, 3.8) is 0 Å². The molecule has 0 saturated carbocycles. The highest BCUT2D eigenvalue weighted by Crippen LogP contribution is 2.41. The van der Waals surface area contributed by atoms with E-state index in [2.05, 4.69) is 5.10 Å². The summed E-state index contributed by atoms with van der Waals surface area (Å²) in [7, 11) is 0. The lowest BCUT2D eigenvalue weighted by Gasteiger charge is -2.09. The van der Waals surface area contributed by atoms with Crippen LogP contribution in [0.1, 0.15) is 18.4 Å². The number of pyridine rings is 1. The van der Waals surface area contributed by atoms with Crippen LogP contribution in [0.15, 0.2) is 24.4 Å². The lowest BCUT2D eigenvalue weighted by Crippen LogP contribution is -2.12. The largest absolute Gasteiger partial charge is 0.454 e. The lowest BCUT2D eigenvalue weighted by molar-refractivity contribution is -0.118. The fourth-order valence-corrected chi connectivity index (χ4v) is 3.37. The molecule has 26 heavy (non-hydrogen) atoms. The van der Waals surface area contributed by atoms with E-state index < -0.39 is 0 Å². The number of aryl methyl sites for hydroxylation is 2. The molecule has 4 rings (SSSR count). The number of amides is 1. The molecule has 0 saturated heterocycles. The van der Waals surface area contributed by atoms with E-state index in [4.69, 9.17) is 31.8 Å². The average Bonchev–Trinajstić information content (AvgIpc) is 3.20. The van der Waals surface area contributed by atoms with Crippen LogP contribution in [-0.4, -0.2) is 27.5 Å². The Hall–Kier alpha value is -2.80.